The molecule has 2 aromatic rings. The van der Waals surface area contributed by atoms with E-state index in [9.17, 15) is 22.0 Å². The van der Waals surface area contributed by atoms with Crippen molar-refractivity contribution in [1.82, 2.24) is 5.16 Å². The maximum atomic E-state index is 14.0. The van der Waals surface area contributed by atoms with Crippen molar-refractivity contribution in [3.8, 4) is 0 Å². The number of hydrogen-bond acceptors (Lipinski definition) is 6. The topological polar surface area (TPSA) is 89.7 Å². The van der Waals surface area contributed by atoms with Gasteiger partial charge in [0.15, 0.2) is 5.82 Å². The Labute approximate surface area is 147 Å². The van der Waals surface area contributed by atoms with Gasteiger partial charge in [0.05, 0.1) is 5.02 Å². The molecule has 1 aromatic carbocycles. The van der Waals surface area contributed by atoms with Gasteiger partial charge in [-0.15, -0.1) is 4.31 Å². The van der Waals surface area contributed by atoms with Crippen LogP contribution in [0.25, 0.3) is 0 Å². The molecule has 2 rings (SSSR count). The molecule has 1 heterocycles. The molecule has 0 aliphatic rings. The van der Waals surface area contributed by atoms with Crippen LogP contribution in [0.15, 0.2) is 33.9 Å². The molecule has 0 unspecified atom stereocenters. The van der Waals surface area contributed by atoms with Crippen LogP contribution in [0.1, 0.15) is 20.8 Å². The summed E-state index contributed by atoms with van der Waals surface area (Å²) in [6.45, 7) is 4.52. The fourth-order valence-corrected chi connectivity index (χ4v) is 3.30. The quantitative estimate of drug-likeness (QED) is 0.737. The first-order chi connectivity index (χ1) is 11.4. The number of ether oxygens (including phenoxy) is 1. The summed E-state index contributed by atoms with van der Waals surface area (Å²) in [5, 5.41) is 2.74. The van der Waals surface area contributed by atoms with Gasteiger partial charge in [-0.1, -0.05) is 16.8 Å². The number of carbonyl (C=O) groups excluding carboxylic acids is 1. The van der Waals surface area contributed by atoms with Gasteiger partial charge in [-0.3, -0.25) is 0 Å². The second-order valence-corrected chi connectivity index (χ2v) is 7.97. The van der Waals surface area contributed by atoms with Gasteiger partial charge in [-0.25, -0.2) is 22.0 Å². The van der Waals surface area contributed by atoms with E-state index in [1.807, 2.05) is 0 Å². The lowest BCUT2D eigenvalue weighted by atomic mass is 10.2. The molecule has 0 aliphatic heterocycles. The highest BCUT2D eigenvalue weighted by atomic mass is 35.5. The summed E-state index contributed by atoms with van der Waals surface area (Å²) < 4.78 is 62.5. The zero-order chi connectivity index (χ0) is 19.0. The Hall–Kier alpha value is -2.20. The molecular weight excluding hydrogens is 382 g/mol. The fraction of sp³-hybridized carbons (Fsp3) is 0.286. The van der Waals surface area contributed by atoms with Crippen molar-refractivity contribution in [2.45, 2.75) is 31.3 Å². The largest absolute Gasteiger partial charge is 0.443 e. The summed E-state index contributed by atoms with van der Waals surface area (Å²) in [5.74, 6) is -3.04. The average Bonchev–Trinajstić information content (AvgIpc) is 2.94. The first-order valence-electron chi connectivity index (χ1n) is 6.77. The smallest absolute Gasteiger partial charge is 0.430 e. The lowest BCUT2D eigenvalue weighted by Crippen LogP contribution is -2.41. The monoisotopic (exact) mass is 394 g/mol. The minimum Gasteiger partial charge on any atom is -0.443 e. The van der Waals surface area contributed by atoms with E-state index in [0.29, 0.717) is 12.1 Å². The second-order valence-electron chi connectivity index (χ2n) is 5.80. The molecule has 25 heavy (non-hydrogen) atoms. The van der Waals surface area contributed by atoms with Gasteiger partial charge in [0, 0.05) is 12.1 Å². The third-order valence-corrected chi connectivity index (χ3v) is 4.66. The summed E-state index contributed by atoms with van der Waals surface area (Å²) in [5.41, 5.74) is -1.05. The minimum absolute atomic E-state index is 0.106. The van der Waals surface area contributed by atoms with E-state index >= 15 is 0 Å². The molecule has 0 saturated carbocycles. The summed E-state index contributed by atoms with van der Waals surface area (Å²) in [6.07, 6.45) is -0.336. The van der Waals surface area contributed by atoms with Gasteiger partial charge in [0.2, 0.25) is 0 Å². The number of sulfonamides is 1. The van der Waals surface area contributed by atoms with E-state index in [4.69, 9.17) is 16.3 Å². The van der Waals surface area contributed by atoms with Crippen LogP contribution in [0.3, 0.4) is 0 Å². The molecule has 1 amide bonds. The Balaban J connectivity index is 2.61. The van der Waals surface area contributed by atoms with Crippen LogP contribution < -0.4 is 4.31 Å². The van der Waals surface area contributed by atoms with Crippen LogP contribution in [-0.2, 0) is 14.8 Å². The van der Waals surface area contributed by atoms with Crippen LogP contribution in [-0.4, -0.2) is 25.3 Å². The van der Waals surface area contributed by atoms with Crippen LogP contribution in [0.2, 0.25) is 5.02 Å². The molecule has 0 atom stereocenters. The van der Waals surface area contributed by atoms with Crippen molar-refractivity contribution in [1.29, 1.82) is 0 Å². The van der Waals surface area contributed by atoms with Crippen molar-refractivity contribution in [2.24, 2.45) is 0 Å². The maximum Gasteiger partial charge on any atom is 0.430 e. The zero-order valence-electron chi connectivity index (χ0n) is 13.3. The fourth-order valence-electron chi connectivity index (χ4n) is 1.73. The van der Waals surface area contributed by atoms with E-state index < -0.39 is 49.1 Å². The molecule has 0 fully saturated rings. The molecular formula is C14H13ClF2N2O5S. The molecule has 0 aliphatic carbocycles. The van der Waals surface area contributed by atoms with Gasteiger partial charge in [0.25, 0.3) is 10.0 Å². The molecule has 1 aromatic heterocycles. The van der Waals surface area contributed by atoms with Gasteiger partial charge >= 0.3 is 6.09 Å². The number of aromatic nitrogens is 1. The molecule has 0 spiro atoms. The van der Waals surface area contributed by atoms with Crippen molar-refractivity contribution >= 4 is 33.5 Å². The van der Waals surface area contributed by atoms with E-state index in [-0.39, 0.29) is 4.31 Å². The maximum absolute atomic E-state index is 14.0. The van der Waals surface area contributed by atoms with Crippen LogP contribution in [0, 0.1) is 11.6 Å². The Kier molecular flexibility index (Phi) is 5.05. The first-order valence-corrected chi connectivity index (χ1v) is 8.58. The van der Waals surface area contributed by atoms with Gasteiger partial charge < -0.3 is 9.26 Å². The number of nitrogens with zero attached hydrogens (tertiary/aromatic N) is 2. The Bertz CT molecular complexity index is 895. The third-order valence-electron chi connectivity index (χ3n) is 2.68. The summed E-state index contributed by atoms with van der Waals surface area (Å²) >= 11 is 5.53. The molecule has 0 bridgehead atoms. The Morgan fingerprint density at radius 2 is 1.92 bits per heavy atom. The normalized spacial score (nSPS) is 12.1. The predicted molar refractivity (Wildman–Crippen MR) is 83.8 cm³/mol. The summed E-state index contributed by atoms with van der Waals surface area (Å²) in [6, 6.07) is 1.91. The highest BCUT2D eigenvalue weighted by Gasteiger charge is 2.38. The number of carbonyl (C=O) groups is 1. The minimum atomic E-state index is -4.86. The number of rotatable bonds is 3. The standard InChI is InChI=1S/C14H13ClF2N2O5S/c1-14(2,3)24-13(20)19(12-4-5-23-18-12)25(21,22)11-6-8(15)9(16)7-10(11)17/h4-7H,1-3H3. The first kappa shape index (κ1) is 19.1. The van der Waals surface area contributed by atoms with E-state index in [0.717, 1.165) is 12.3 Å². The summed E-state index contributed by atoms with van der Waals surface area (Å²) in [7, 11) is -4.86. The van der Waals surface area contributed by atoms with Crippen molar-refractivity contribution in [2.75, 3.05) is 4.31 Å². The number of amides is 1. The molecule has 11 heteroatoms. The second kappa shape index (κ2) is 6.60. The number of benzene rings is 1. The average molecular weight is 395 g/mol. The highest BCUT2D eigenvalue weighted by molar-refractivity contribution is 7.93. The zero-order valence-corrected chi connectivity index (χ0v) is 14.9. The highest BCUT2D eigenvalue weighted by Crippen LogP contribution is 2.29. The molecule has 0 saturated heterocycles. The van der Waals surface area contributed by atoms with Crippen molar-refractivity contribution in [3.05, 3.63) is 41.1 Å². The molecule has 136 valence electrons. The predicted octanol–water partition coefficient (Wildman–Crippen LogP) is 3.74. The van der Waals surface area contributed by atoms with Gasteiger partial charge in [0.1, 0.15) is 28.4 Å². The third kappa shape index (κ3) is 4.07. The lowest BCUT2D eigenvalue weighted by molar-refractivity contribution is 0.0607. The van der Waals surface area contributed by atoms with Crippen molar-refractivity contribution < 1.29 is 31.3 Å². The van der Waals surface area contributed by atoms with E-state index in [2.05, 4.69) is 9.68 Å². The SMILES string of the molecule is CC(C)(C)OC(=O)N(c1ccon1)S(=O)(=O)c1cc(Cl)c(F)cc1F. The number of hydrogen-bond donors (Lipinski definition) is 0. The molecule has 0 radical (unpaired) electrons. The Morgan fingerprint density at radius 3 is 2.44 bits per heavy atom. The van der Waals surface area contributed by atoms with Crippen LogP contribution in [0.4, 0.5) is 19.4 Å². The summed E-state index contributed by atoms with van der Waals surface area (Å²) in [4.78, 5) is 11.3. The number of halogens is 3. The van der Waals surface area contributed by atoms with Crippen LogP contribution in [0.5, 0.6) is 0 Å². The molecule has 7 nitrogen and oxygen atoms in total. The molecule has 0 N–H and O–H groups in total. The van der Waals surface area contributed by atoms with Crippen LogP contribution >= 0.6 is 11.6 Å². The van der Waals surface area contributed by atoms with E-state index in [1.54, 1.807) is 0 Å². The van der Waals surface area contributed by atoms with Gasteiger partial charge in [-0.05, 0) is 26.8 Å². The Morgan fingerprint density at radius 1 is 1.28 bits per heavy atom. The van der Waals surface area contributed by atoms with Crippen molar-refractivity contribution in [3.63, 3.8) is 0 Å². The lowest BCUT2D eigenvalue weighted by Gasteiger charge is -2.25. The number of anilines is 1. The van der Waals surface area contributed by atoms with E-state index in [1.165, 1.54) is 20.8 Å². The van der Waals surface area contributed by atoms with Gasteiger partial charge in [-0.2, -0.15) is 0 Å².